The van der Waals surface area contributed by atoms with Gasteiger partial charge in [-0.2, -0.15) is 13.2 Å². The molecule has 182 valence electrons. The van der Waals surface area contributed by atoms with Gasteiger partial charge in [0.25, 0.3) is 0 Å². The van der Waals surface area contributed by atoms with Crippen molar-refractivity contribution in [3.63, 3.8) is 0 Å². The summed E-state index contributed by atoms with van der Waals surface area (Å²) in [5.74, 6) is -0.683. The van der Waals surface area contributed by atoms with Crippen LogP contribution in [0.2, 0.25) is 5.02 Å². The lowest BCUT2D eigenvalue weighted by atomic mass is 9.95. The quantitative estimate of drug-likeness (QED) is 0.326. The van der Waals surface area contributed by atoms with Crippen molar-refractivity contribution in [2.24, 2.45) is 5.73 Å². The monoisotopic (exact) mass is 502 g/mol. The van der Waals surface area contributed by atoms with E-state index in [4.69, 9.17) is 22.1 Å². The van der Waals surface area contributed by atoms with E-state index in [1.165, 1.54) is 24.3 Å². The minimum Gasteiger partial charge on any atom is -0.507 e. The van der Waals surface area contributed by atoms with E-state index in [0.717, 1.165) is 18.7 Å². The van der Waals surface area contributed by atoms with Gasteiger partial charge in [0, 0.05) is 23.2 Å². The SMILES string of the molecule is C=C(/C=C(\NC)C(F)(F)F)c1ccc(OCc2ccc(Cl)cc2)c(-c2ccc(C(N)=O)cc2)c1O. The van der Waals surface area contributed by atoms with Crippen molar-refractivity contribution >= 4 is 23.1 Å². The molecule has 5 nitrogen and oxygen atoms in total. The first-order valence-electron chi connectivity index (χ1n) is 10.3. The summed E-state index contributed by atoms with van der Waals surface area (Å²) in [7, 11) is 1.14. The highest BCUT2D eigenvalue weighted by molar-refractivity contribution is 6.30. The summed E-state index contributed by atoms with van der Waals surface area (Å²) in [6.07, 6.45) is -3.81. The number of nitrogens with one attached hydrogen (secondary N) is 1. The number of carbonyl (C=O) groups excluding carboxylic acids is 1. The Labute approximate surface area is 205 Å². The van der Waals surface area contributed by atoms with Crippen LogP contribution in [0.3, 0.4) is 0 Å². The summed E-state index contributed by atoms with van der Waals surface area (Å²) in [6, 6.07) is 16.0. The maximum absolute atomic E-state index is 13.2. The molecule has 0 aliphatic carbocycles. The zero-order valence-corrected chi connectivity index (χ0v) is 19.4. The Balaban J connectivity index is 2.07. The maximum Gasteiger partial charge on any atom is 0.430 e. The fourth-order valence-electron chi connectivity index (χ4n) is 3.32. The van der Waals surface area contributed by atoms with E-state index >= 15 is 0 Å². The Kier molecular flexibility index (Phi) is 7.76. The van der Waals surface area contributed by atoms with Crippen molar-refractivity contribution < 1.29 is 27.8 Å². The van der Waals surface area contributed by atoms with Crippen molar-refractivity contribution in [3.05, 3.63) is 101 Å². The van der Waals surface area contributed by atoms with Crippen LogP contribution in [0.15, 0.2) is 79.0 Å². The van der Waals surface area contributed by atoms with E-state index in [-0.39, 0.29) is 40.4 Å². The molecule has 0 heterocycles. The third kappa shape index (κ3) is 6.16. The summed E-state index contributed by atoms with van der Waals surface area (Å²) < 4.78 is 45.5. The fraction of sp³-hybridized carbons (Fsp3) is 0.115. The van der Waals surface area contributed by atoms with E-state index in [0.29, 0.717) is 10.6 Å². The van der Waals surface area contributed by atoms with Gasteiger partial charge in [-0.1, -0.05) is 42.4 Å². The number of nitrogens with two attached hydrogens (primary N) is 1. The molecule has 0 aliphatic heterocycles. The number of phenolic OH excluding ortho intramolecular Hbond substituents is 1. The number of rotatable bonds is 8. The van der Waals surface area contributed by atoms with Gasteiger partial charge in [0.2, 0.25) is 5.91 Å². The molecule has 3 aromatic rings. The smallest absolute Gasteiger partial charge is 0.430 e. The summed E-state index contributed by atoms with van der Waals surface area (Å²) in [5.41, 5.74) is 6.05. The lowest BCUT2D eigenvalue weighted by Gasteiger charge is -2.18. The highest BCUT2D eigenvalue weighted by Gasteiger charge is 2.33. The summed E-state index contributed by atoms with van der Waals surface area (Å²) in [4.78, 5) is 11.4. The van der Waals surface area contributed by atoms with Crippen LogP contribution in [0.1, 0.15) is 21.5 Å². The van der Waals surface area contributed by atoms with Crippen LogP contribution in [0, 0.1) is 0 Å². The molecule has 0 radical (unpaired) electrons. The number of phenols is 1. The zero-order chi connectivity index (χ0) is 25.8. The number of primary amides is 1. The average Bonchev–Trinajstić information content (AvgIpc) is 2.81. The average molecular weight is 503 g/mol. The van der Waals surface area contributed by atoms with Gasteiger partial charge >= 0.3 is 6.18 Å². The fourth-order valence-corrected chi connectivity index (χ4v) is 3.45. The molecule has 0 bridgehead atoms. The molecule has 0 aliphatic rings. The molecule has 9 heteroatoms. The first-order chi connectivity index (χ1) is 16.5. The number of allylic oxidation sites excluding steroid dienone is 3. The van der Waals surface area contributed by atoms with Gasteiger partial charge in [-0.15, -0.1) is 0 Å². The molecule has 0 saturated heterocycles. The molecular weight excluding hydrogens is 481 g/mol. The molecule has 4 N–H and O–H groups in total. The Morgan fingerprint density at radius 2 is 1.74 bits per heavy atom. The normalized spacial score (nSPS) is 11.7. The third-order valence-electron chi connectivity index (χ3n) is 5.14. The molecule has 0 fully saturated rings. The molecular formula is C26H22ClF3N2O3. The summed E-state index contributed by atoms with van der Waals surface area (Å²) >= 11 is 5.92. The third-order valence-corrected chi connectivity index (χ3v) is 5.40. The van der Waals surface area contributed by atoms with Crippen molar-refractivity contribution in [3.8, 4) is 22.6 Å². The Morgan fingerprint density at radius 1 is 1.11 bits per heavy atom. The van der Waals surface area contributed by atoms with Crippen LogP contribution in [-0.4, -0.2) is 24.2 Å². The second-order valence-electron chi connectivity index (χ2n) is 7.52. The second-order valence-corrected chi connectivity index (χ2v) is 7.96. The van der Waals surface area contributed by atoms with Crippen LogP contribution in [-0.2, 0) is 6.61 Å². The topological polar surface area (TPSA) is 84.6 Å². The lowest BCUT2D eigenvalue weighted by Crippen LogP contribution is -2.23. The van der Waals surface area contributed by atoms with Gasteiger partial charge in [0.1, 0.15) is 23.8 Å². The number of ether oxygens (including phenoxy) is 1. The number of amides is 1. The van der Waals surface area contributed by atoms with Crippen LogP contribution in [0.4, 0.5) is 13.2 Å². The van der Waals surface area contributed by atoms with E-state index in [9.17, 15) is 23.1 Å². The Morgan fingerprint density at radius 3 is 2.29 bits per heavy atom. The molecule has 0 spiro atoms. The number of hydrogen-bond donors (Lipinski definition) is 3. The number of alkyl halides is 3. The van der Waals surface area contributed by atoms with Gasteiger partial charge in [0.15, 0.2) is 0 Å². The first-order valence-corrected chi connectivity index (χ1v) is 10.7. The minimum atomic E-state index is -4.62. The number of hydrogen-bond acceptors (Lipinski definition) is 4. The van der Waals surface area contributed by atoms with Gasteiger partial charge in [0.05, 0.1) is 5.56 Å². The highest BCUT2D eigenvalue weighted by atomic mass is 35.5. The van der Waals surface area contributed by atoms with Crippen molar-refractivity contribution in [1.82, 2.24) is 5.32 Å². The van der Waals surface area contributed by atoms with Gasteiger partial charge in [-0.25, -0.2) is 0 Å². The molecule has 1 amide bonds. The number of benzene rings is 3. The van der Waals surface area contributed by atoms with Crippen LogP contribution >= 0.6 is 11.6 Å². The molecule has 3 aromatic carbocycles. The predicted molar refractivity (Wildman–Crippen MR) is 130 cm³/mol. The highest BCUT2D eigenvalue weighted by Crippen LogP contribution is 2.43. The number of carbonyl (C=O) groups is 1. The molecule has 3 rings (SSSR count). The maximum atomic E-state index is 13.2. The number of halogens is 4. The Bertz CT molecular complexity index is 1270. The van der Waals surface area contributed by atoms with Gasteiger partial charge in [-0.3, -0.25) is 4.79 Å². The number of aromatic hydroxyl groups is 1. The van der Waals surface area contributed by atoms with Crippen LogP contribution in [0.5, 0.6) is 11.5 Å². The first kappa shape index (κ1) is 25.7. The zero-order valence-electron chi connectivity index (χ0n) is 18.6. The molecule has 0 saturated carbocycles. The van der Waals surface area contributed by atoms with E-state index in [1.54, 1.807) is 36.4 Å². The van der Waals surface area contributed by atoms with Gasteiger partial charge in [-0.05, 0) is 59.2 Å². The molecule has 0 atom stereocenters. The van der Waals surface area contributed by atoms with Gasteiger partial charge < -0.3 is 20.9 Å². The van der Waals surface area contributed by atoms with E-state index in [2.05, 4.69) is 11.9 Å². The predicted octanol–water partition coefficient (Wildman–Crippen LogP) is 6.07. The lowest BCUT2D eigenvalue weighted by molar-refractivity contribution is -0.0959. The second kappa shape index (κ2) is 10.6. The summed E-state index contributed by atoms with van der Waals surface area (Å²) in [6.45, 7) is 3.84. The molecule has 35 heavy (non-hydrogen) atoms. The molecule has 0 aromatic heterocycles. The van der Waals surface area contributed by atoms with E-state index in [1.807, 2.05) is 0 Å². The van der Waals surface area contributed by atoms with Crippen LogP contribution in [0.25, 0.3) is 16.7 Å². The summed E-state index contributed by atoms with van der Waals surface area (Å²) in [5, 5.41) is 13.8. The minimum absolute atomic E-state index is 0.0663. The molecule has 0 unspecified atom stereocenters. The standard InChI is InChI=1S/C26H22ClF3N2O3/c1-15(13-22(32-2)26(28,29)30)20-11-12-21(35-14-16-3-9-19(27)10-4-16)23(24(20)33)17-5-7-18(8-6-17)25(31)34/h3-13,32-33H,1,14H2,2H3,(H2,31,34)/b22-13-. The van der Waals surface area contributed by atoms with E-state index < -0.39 is 17.8 Å². The van der Waals surface area contributed by atoms with Crippen molar-refractivity contribution in [2.45, 2.75) is 12.8 Å². The van der Waals surface area contributed by atoms with Crippen molar-refractivity contribution in [1.29, 1.82) is 0 Å². The van der Waals surface area contributed by atoms with Crippen molar-refractivity contribution in [2.75, 3.05) is 7.05 Å². The van der Waals surface area contributed by atoms with Crippen LogP contribution < -0.4 is 15.8 Å². The largest absolute Gasteiger partial charge is 0.507 e. The Hall–Kier alpha value is -3.91.